The van der Waals surface area contributed by atoms with Gasteiger partial charge in [-0.05, 0) is 37.6 Å². The van der Waals surface area contributed by atoms with Crippen LogP contribution >= 0.6 is 11.6 Å². The minimum atomic E-state index is -0.164. The summed E-state index contributed by atoms with van der Waals surface area (Å²) < 4.78 is 3.34. The molecule has 3 rings (SSSR count). The molecule has 1 amide bonds. The highest BCUT2D eigenvalue weighted by molar-refractivity contribution is 6.30. The van der Waals surface area contributed by atoms with Crippen LogP contribution in [0.4, 0.5) is 5.82 Å². The summed E-state index contributed by atoms with van der Waals surface area (Å²) in [4.78, 5) is 24.3. The van der Waals surface area contributed by atoms with Crippen LogP contribution in [0.15, 0.2) is 53.3 Å². The van der Waals surface area contributed by atoms with Crippen molar-refractivity contribution in [1.82, 2.24) is 14.3 Å². The Balaban J connectivity index is 1.67. The fraction of sp³-hybridized carbons (Fsp3) is 0.250. The highest BCUT2D eigenvalue weighted by Crippen LogP contribution is 2.15. The van der Waals surface area contributed by atoms with E-state index in [0.29, 0.717) is 23.9 Å². The Kier molecular flexibility index (Phi) is 5.76. The Morgan fingerprint density at radius 1 is 1.15 bits per heavy atom. The number of carbonyl (C=O) groups is 1. The maximum atomic E-state index is 12.4. The van der Waals surface area contributed by atoms with Crippen LogP contribution in [0.25, 0.3) is 0 Å². The number of halogens is 1. The second-order valence-corrected chi connectivity index (χ2v) is 6.85. The molecular weight excluding hydrogens is 364 g/mol. The lowest BCUT2D eigenvalue weighted by molar-refractivity contribution is -0.116. The molecule has 0 saturated carbocycles. The van der Waals surface area contributed by atoms with Gasteiger partial charge in [-0.25, -0.2) is 4.68 Å². The fourth-order valence-electron chi connectivity index (χ4n) is 2.86. The highest BCUT2D eigenvalue weighted by atomic mass is 35.5. The van der Waals surface area contributed by atoms with E-state index in [0.717, 1.165) is 17.0 Å². The monoisotopic (exact) mass is 384 g/mol. The summed E-state index contributed by atoms with van der Waals surface area (Å²) in [6, 6.07) is 14.4. The standard InChI is InChI=1S/C20H21ClN4O2/c1-14-12-18(25(23-14)13-16-6-8-17(21)9-7-16)22-19(26)10-11-24-15(2)4-3-5-20(24)27/h3-9,12H,10-11,13H2,1-2H3,(H,22,26). The van der Waals surface area contributed by atoms with E-state index in [1.807, 2.05) is 50.2 Å². The third-order valence-corrected chi connectivity index (χ3v) is 4.50. The molecule has 6 nitrogen and oxygen atoms in total. The number of nitrogens with zero attached hydrogens (tertiary/aromatic N) is 3. The first-order chi connectivity index (χ1) is 12.9. The molecule has 3 aromatic rings. The Labute approximate surface area is 162 Å². The third-order valence-electron chi connectivity index (χ3n) is 4.25. The van der Waals surface area contributed by atoms with Crippen LogP contribution in [-0.2, 0) is 17.9 Å². The van der Waals surface area contributed by atoms with E-state index in [-0.39, 0.29) is 17.9 Å². The van der Waals surface area contributed by atoms with Crippen LogP contribution in [0.1, 0.15) is 23.4 Å². The predicted octanol–water partition coefficient (Wildman–Crippen LogP) is 3.39. The van der Waals surface area contributed by atoms with Gasteiger partial charge in [0.05, 0.1) is 12.2 Å². The number of carbonyl (C=O) groups excluding carboxylic acids is 1. The average molecular weight is 385 g/mol. The smallest absolute Gasteiger partial charge is 0.250 e. The van der Waals surface area contributed by atoms with Crippen molar-refractivity contribution in [3.8, 4) is 0 Å². The van der Waals surface area contributed by atoms with Gasteiger partial charge in [0.25, 0.3) is 5.56 Å². The second kappa shape index (κ2) is 8.22. The zero-order valence-corrected chi connectivity index (χ0v) is 16.0. The number of aryl methyl sites for hydroxylation is 2. The van der Waals surface area contributed by atoms with Crippen LogP contribution in [-0.4, -0.2) is 20.3 Å². The molecule has 7 heteroatoms. The SMILES string of the molecule is Cc1cc(NC(=O)CCn2c(C)cccc2=O)n(Cc2ccc(Cl)cc2)n1. The van der Waals surface area contributed by atoms with Gasteiger partial charge in [0.1, 0.15) is 5.82 Å². The summed E-state index contributed by atoms with van der Waals surface area (Å²) in [6.45, 7) is 4.59. The molecule has 0 atom stereocenters. The molecule has 0 unspecified atom stereocenters. The molecule has 0 saturated heterocycles. The molecule has 2 heterocycles. The number of hydrogen-bond acceptors (Lipinski definition) is 3. The van der Waals surface area contributed by atoms with Crippen molar-refractivity contribution < 1.29 is 4.79 Å². The Hall–Kier alpha value is -2.86. The molecule has 0 spiro atoms. The molecule has 140 valence electrons. The number of amides is 1. The van der Waals surface area contributed by atoms with Crippen molar-refractivity contribution in [2.75, 3.05) is 5.32 Å². The fourth-order valence-corrected chi connectivity index (χ4v) is 2.98. The van der Waals surface area contributed by atoms with Crippen molar-refractivity contribution in [2.24, 2.45) is 0 Å². The van der Waals surface area contributed by atoms with Gasteiger partial charge in [0.2, 0.25) is 5.91 Å². The summed E-state index contributed by atoms with van der Waals surface area (Å²) >= 11 is 5.92. The van der Waals surface area contributed by atoms with Crippen LogP contribution < -0.4 is 10.9 Å². The van der Waals surface area contributed by atoms with E-state index in [1.54, 1.807) is 15.3 Å². The van der Waals surface area contributed by atoms with Crippen molar-refractivity contribution in [3.63, 3.8) is 0 Å². The normalized spacial score (nSPS) is 10.8. The van der Waals surface area contributed by atoms with Gasteiger partial charge in [-0.1, -0.05) is 29.8 Å². The van der Waals surface area contributed by atoms with E-state index >= 15 is 0 Å². The van der Waals surface area contributed by atoms with Crippen LogP contribution in [0, 0.1) is 13.8 Å². The number of pyridine rings is 1. The predicted molar refractivity (Wildman–Crippen MR) is 106 cm³/mol. The van der Waals surface area contributed by atoms with Gasteiger partial charge in [-0.2, -0.15) is 5.10 Å². The molecule has 0 bridgehead atoms. The van der Waals surface area contributed by atoms with Gasteiger partial charge < -0.3 is 9.88 Å². The van der Waals surface area contributed by atoms with Crippen LogP contribution in [0.3, 0.4) is 0 Å². The minimum absolute atomic E-state index is 0.105. The number of rotatable bonds is 6. The number of hydrogen-bond donors (Lipinski definition) is 1. The molecule has 0 aliphatic carbocycles. The second-order valence-electron chi connectivity index (χ2n) is 6.41. The zero-order valence-electron chi connectivity index (χ0n) is 15.3. The first-order valence-corrected chi connectivity index (χ1v) is 9.05. The summed E-state index contributed by atoms with van der Waals surface area (Å²) in [5, 5.41) is 8.01. The first-order valence-electron chi connectivity index (χ1n) is 8.67. The van der Waals surface area contributed by atoms with Gasteiger partial charge in [0.15, 0.2) is 0 Å². The number of aromatic nitrogens is 3. The van der Waals surface area contributed by atoms with Gasteiger partial charge in [0, 0.05) is 35.8 Å². The molecule has 0 aliphatic rings. The maximum Gasteiger partial charge on any atom is 0.250 e. The largest absolute Gasteiger partial charge is 0.312 e. The van der Waals surface area contributed by atoms with E-state index < -0.39 is 0 Å². The van der Waals surface area contributed by atoms with Gasteiger partial charge in [-0.15, -0.1) is 0 Å². The lowest BCUT2D eigenvalue weighted by Crippen LogP contribution is -2.24. The Morgan fingerprint density at radius 3 is 2.59 bits per heavy atom. The summed E-state index contributed by atoms with van der Waals surface area (Å²) in [5.74, 6) is 0.465. The quantitative estimate of drug-likeness (QED) is 0.708. The van der Waals surface area contributed by atoms with E-state index in [4.69, 9.17) is 11.6 Å². The molecule has 0 radical (unpaired) electrons. The summed E-state index contributed by atoms with van der Waals surface area (Å²) in [5.41, 5.74) is 2.57. The molecule has 27 heavy (non-hydrogen) atoms. The molecule has 2 aromatic heterocycles. The van der Waals surface area contributed by atoms with Crippen LogP contribution in [0.5, 0.6) is 0 Å². The number of benzene rings is 1. The van der Waals surface area contributed by atoms with Crippen molar-refractivity contribution >= 4 is 23.3 Å². The summed E-state index contributed by atoms with van der Waals surface area (Å²) in [7, 11) is 0. The average Bonchev–Trinajstić information content (AvgIpc) is 2.95. The van der Waals surface area contributed by atoms with Crippen molar-refractivity contribution in [2.45, 2.75) is 33.4 Å². The number of nitrogens with one attached hydrogen (secondary N) is 1. The lowest BCUT2D eigenvalue weighted by Gasteiger charge is -2.11. The zero-order chi connectivity index (χ0) is 19.4. The number of anilines is 1. The summed E-state index contributed by atoms with van der Waals surface area (Å²) in [6.07, 6.45) is 0.204. The molecule has 0 aliphatic heterocycles. The minimum Gasteiger partial charge on any atom is -0.312 e. The maximum absolute atomic E-state index is 12.4. The molecule has 1 aromatic carbocycles. The third kappa shape index (κ3) is 4.86. The molecule has 1 N–H and O–H groups in total. The highest BCUT2D eigenvalue weighted by Gasteiger charge is 2.11. The molecule has 0 fully saturated rings. The van der Waals surface area contributed by atoms with Gasteiger partial charge >= 0.3 is 0 Å². The lowest BCUT2D eigenvalue weighted by atomic mass is 10.2. The van der Waals surface area contributed by atoms with E-state index in [1.165, 1.54) is 6.07 Å². The van der Waals surface area contributed by atoms with Crippen molar-refractivity contribution in [1.29, 1.82) is 0 Å². The molecular formula is C20H21ClN4O2. The first kappa shape index (κ1) is 18.9. The Bertz CT molecular complexity index is 1010. The van der Waals surface area contributed by atoms with Crippen molar-refractivity contribution in [3.05, 3.63) is 80.9 Å². The topological polar surface area (TPSA) is 68.9 Å². The van der Waals surface area contributed by atoms with Gasteiger partial charge in [-0.3, -0.25) is 9.59 Å². The van der Waals surface area contributed by atoms with Crippen LogP contribution in [0.2, 0.25) is 5.02 Å². The Morgan fingerprint density at radius 2 is 1.89 bits per heavy atom. The van der Waals surface area contributed by atoms with E-state index in [9.17, 15) is 9.59 Å². The van der Waals surface area contributed by atoms with E-state index in [2.05, 4.69) is 10.4 Å².